The van der Waals surface area contributed by atoms with Crippen molar-refractivity contribution in [3.05, 3.63) is 42.1 Å². The number of para-hydroxylation sites is 1. The van der Waals surface area contributed by atoms with Crippen molar-refractivity contribution in [2.24, 2.45) is 0 Å². The number of anilines is 3. The zero-order valence-electron chi connectivity index (χ0n) is 13.2. The Morgan fingerprint density at radius 2 is 2.04 bits per heavy atom. The zero-order valence-corrected chi connectivity index (χ0v) is 13.2. The Morgan fingerprint density at radius 3 is 2.83 bits per heavy atom. The molecule has 0 saturated carbocycles. The van der Waals surface area contributed by atoms with E-state index in [4.69, 9.17) is 9.47 Å². The fraction of sp³-hybridized carbons (Fsp3) is 0.312. The largest absolute Gasteiger partial charge is 0.465 e. The number of methoxy groups -OCH3 is 2. The molecular weight excluding hydrogens is 296 g/mol. The maximum absolute atomic E-state index is 11.8. The molecule has 2 N–H and O–H groups in total. The maximum atomic E-state index is 11.8. The van der Waals surface area contributed by atoms with Crippen molar-refractivity contribution in [2.45, 2.75) is 6.42 Å². The molecule has 0 atom stereocenters. The first kappa shape index (κ1) is 16.7. The number of hydrogen-bond acceptors (Lipinski definition) is 7. The summed E-state index contributed by atoms with van der Waals surface area (Å²) in [6.45, 7) is 1.40. The smallest absolute Gasteiger partial charge is 0.339 e. The van der Waals surface area contributed by atoms with Crippen LogP contribution >= 0.6 is 0 Å². The van der Waals surface area contributed by atoms with Gasteiger partial charge < -0.3 is 20.1 Å². The minimum atomic E-state index is -0.403. The van der Waals surface area contributed by atoms with Gasteiger partial charge in [-0.05, 0) is 24.6 Å². The van der Waals surface area contributed by atoms with Crippen molar-refractivity contribution in [2.75, 3.05) is 38.0 Å². The van der Waals surface area contributed by atoms with Crippen molar-refractivity contribution in [3.63, 3.8) is 0 Å². The summed E-state index contributed by atoms with van der Waals surface area (Å²) in [5.41, 5.74) is 1.08. The number of benzene rings is 1. The minimum absolute atomic E-state index is 0.403. The van der Waals surface area contributed by atoms with E-state index >= 15 is 0 Å². The molecular formula is C16H20N4O3. The highest BCUT2D eigenvalue weighted by Gasteiger charge is 2.11. The monoisotopic (exact) mass is 316 g/mol. The highest BCUT2D eigenvalue weighted by Crippen LogP contribution is 2.20. The summed E-state index contributed by atoms with van der Waals surface area (Å²) in [7, 11) is 3.02. The van der Waals surface area contributed by atoms with Gasteiger partial charge in [0, 0.05) is 26.5 Å². The number of rotatable bonds is 8. The molecule has 1 heterocycles. The fourth-order valence-corrected chi connectivity index (χ4v) is 1.95. The lowest BCUT2D eigenvalue weighted by atomic mass is 10.2. The summed E-state index contributed by atoms with van der Waals surface area (Å²) in [5.74, 6) is 0.701. The van der Waals surface area contributed by atoms with Gasteiger partial charge in [-0.25, -0.2) is 9.78 Å². The van der Waals surface area contributed by atoms with E-state index in [1.165, 1.54) is 7.11 Å². The molecule has 0 spiro atoms. The van der Waals surface area contributed by atoms with Gasteiger partial charge in [-0.2, -0.15) is 4.98 Å². The van der Waals surface area contributed by atoms with E-state index in [-0.39, 0.29) is 0 Å². The van der Waals surface area contributed by atoms with Crippen LogP contribution in [0.3, 0.4) is 0 Å². The normalized spacial score (nSPS) is 10.2. The molecule has 0 radical (unpaired) electrons. The number of aromatic nitrogens is 2. The predicted molar refractivity (Wildman–Crippen MR) is 88.1 cm³/mol. The third-order valence-electron chi connectivity index (χ3n) is 3.06. The molecule has 0 saturated heterocycles. The van der Waals surface area contributed by atoms with Crippen LogP contribution in [0.4, 0.5) is 17.5 Å². The summed E-state index contributed by atoms with van der Waals surface area (Å²) in [4.78, 5) is 20.3. The molecule has 0 amide bonds. The fourth-order valence-electron chi connectivity index (χ4n) is 1.95. The molecule has 2 rings (SSSR count). The number of carbonyl (C=O) groups is 1. The van der Waals surface area contributed by atoms with Crippen LogP contribution in [0.2, 0.25) is 0 Å². The molecule has 122 valence electrons. The summed E-state index contributed by atoms with van der Waals surface area (Å²) in [5, 5.41) is 6.23. The second-order valence-corrected chi connectivity index (χ2v) is 4.70. The van der Waals surface area contributed by atoms with Gasteiger partial charge >= 0.3 is 5.97 Å². The molecule has 0 aliphatic carbocycles. The van der Waals surface area contributed by atoms with E-state index in [2.05, 4.69) is 20.6 Å². The number of nitrogens with one attached hydrogen (secondary N) is 2. The van der Waals surface area contributed by atoms with Crippen LogP contribution in [-0.2, 0) is 9.47 Å². The average Bonchev–Trinajstić information content (AvgIpc) is 2.59. The van der Waals surface area contributed by atoms with Crippen LogP contribution in [-0.4, -0.2) is 43.3 Å². The third-order valence-corrected chi connectivity index (χ3v) is 3.06. The Balaban J connectivity index is 2.07. The van der Waals surface area contributed by atoms with Gasteiger partial charge in [-0.1, -0.05) is 12.1 Å². The Morgan fingerprint density at radius 1 is 1.22 bits per heavy atom. The second kappa shape index (κ2) is 8.70. The van der Waals surface area contributed by atoms with Gasteiger partial charge in [0.05, 0.1) is 18.4 Å². The van der Waals surface area contributed by atoms with Crippen LogP contribution in [0.25, 0.3) is 0 Å². The van der Waals surface area contributed by atoms with Gasteiger partial charge in [0.2, 0.25) is 5.95 Å². The zero-order chi connectivity index (χ0) is 16.5. The number of esters is 1. The van der Waals surface area contributed by atoms with Crippen molar-refractivity contribution in [3.8, 4) is 0 Å². The lowest BCUT2D eigenvalue weighted by molar-refractivity contribution is 0.0602. The molecule has 23 heavy (non-hydrogen) atoms. The molecule has 0 aliphatic rings. The molecule has 2 aromatic rings. The first-order valence-electron chi connectivity index (χ1n) is 7.25. The van der Waals surface area contributed by atoms with E-state index in [0.717, 1.165) is 13.0 Å². The predicted octanol–water partition coefficient (Wildman–Crippen LogP) is 2.46. The molecule has 1 aromatic heterocycles. The number of nitrogens with zero attached hydrogens (tertiary/aromatic N) is 2. The first-order chi connectivity index (χ1) is 11.2. The summed E-state index contributed by atoms with van der Waals surface area (Å²) < 4.78 is 9.77. The SMILES string of the molecule is COCCCNc1nccc(Nc2ccccc2C(=O)OC)n1. The number of ether oxygens (including phenoxy) is 2. The van der Waals surface area contributed by atoms with Gasteiger partial charge in [0.1, 0.15) is 5.82 Å². The highest BCUT2D eigenvalue weighted by molar-refractivity contribution is 5.96. The lowest BCUT2D eigenvalue weighted by Gasteiger charge is -2.11. The Labute approximate surface area is 135 Å². The molecule has 0 aliphatic heterocycles. The Kier molecular flexibility index (Phi) is 6.31. The Hall–Kier alpha value is -2.67. The van der Waals surface area contributed by atoms with Crippen molar-refractivity contribution < 1.29 is 14.3 Å². The molecule has 0 fully saturated rings. The number of hydrogen-bond donors (Lipinski definition) is 2. The molecule has 7 heteroatoms. The minimum Gasteiger partial charge on any atom is -0.465 e. The van der Waals surface area contributed by atoms with E-state index in [9.17, 15) is 4.79 Å². The maximum Gasteiger partial charge on any atom is 0.339 e. The van der Waals surface area contributed by atoms with Crippen LogP contribution in [0.1, 0.15) is 16.8 Å². The molecule has 7 nitrogen and oxygen atoms in total. The van der Waals surface area contributed by atoms with Crippen molar-refractivity contribution in [1.29, 1.82) is 0 Å². The van der Waals surface area contributed by atoms with Crippen LogP contribution in [0.15, 0.2) is 36.5 Å². The summed E-state index contributed by atoms with van der Waals surface area (Å²) >= 11 is 0. The van der Waals surface area contributed by atoms with Crippen LogP contribution < -0.4 is 10.6 Å². The average molecular weight is 316 g/mol. The van der Waals surface area contributed by atoms with Gasteiger partial charge in [0.15, 0.2) is 0 Å². The lowest BCUT2D eigenvalue weighted by Crippen LogP contribution is -2.09. The topological polar surface area (TPSA) is 85.4 Å². The van der Waals surface area contributed by atoms with Crippen LogP contribution in [0, 0.1) is 0 Å². The molecule has 0 unspecified atom stereocenters. The van der Waals surface area contributed by atoms with Gasteiger partial charge in [-0.3, -0.25) is 0 Å². The van der Waals surface area contributed by atoms with Crippen molar-refractivity contribution >= 4 is 23.4 Å². The van der Waals surface area contributed by atoms with E-state index in [1.807, 2.05) is 6.07 Å². The van der Waals surface area contributed by atoms with Crippen molar-refractivity contribution in [1.82, 2.24) is 9.97 Å². The second-order valence-electron chi connectivity index (χ2n) is 4.70. The quantitative estimate of drug-likeness (QED) is 0.571. The number of carbonyl (C=O) groups excluding carboxylic acids is 1. The van der Waals surface area contributed by atoms with E-state index < -0.39 is 5.97 Å². The van der Waals surface area contributed by atoms with Gasteiger partial charge in [0.25, 0.3) is 0 Å². The van der Waals surface area contributed by atoms with E-state index in [0.29, 0.717) is 29.6 Å². The van der Waals surface area contributed by atoms with Gasteiger partial charge in [-0.15, -0.1) is 0 Å². The standard InChI is InChI=1S/C16H20N4O3/c1-22-11-5-9-17-16-18-10-8-14(20-16)19-13-7-4-3-6-12(13)15(21)23-2/h3-4,6-8,10H,5,9,11H2,1-2H3,(H2,17,18,19,20). The molecule has 0 bridgehead atoms. The highest BCUT2D eigenvalue weighted by atomic mass is 16.5. The summed E-state index contributed by atoms with van der Waals surface area (Å²) in [6, 6.07) is 8.83. The first-order valence-corrected chi connectivity index (χ1v) is 7.25. The van der Waals surface area contributed by atoms with Crippen LogP contribution in [0.5, 0.6) is 0 Å². The van der Waals surface area contributed by atoms with E-state index in [1.54, 1.807) is 37.6 Å². The third kappa shape index (κ3) is 4.93. The summed E-state index contributed by atoms with van der Waals surface area (Å²) in [6.07, 6.45) is 2.51. The Bertz CT molecular complexity index is 649. The molecule has 1 aromatic carbocycles.